The summed E-state index contributed by atoms with van der Waals surface area (Å²) in [6.45, 7) is 0. The van der Waals surface area contributed by atoms with Gasteiger partial charge in [-0.05, 0) is 67.1 Å². The number of H-pyrrole nitrogens is 2. The van der Waals surface area contributed by atoms with Gasteiger partial charge in [0.25, 0.3) is 0 Å². The first kappa shape index (κ1) is 18.9. The molecule has 3 aromatic heterocycles. The summed E-state index contributed by atoms with van der Waals surface area (Å²) in [5, 5.41) is 17.3. The van der Waals surface area contributed by atoms with E-state index in [1.807, 2.05) is 18.2 Å². The van der Waals surface area contributed by atoms with Crippen molar-refractivity contribution in [3.8, 4) is 17.3 Å². The molecule has 1 aliphatic carbocycles. The molecule has 6 rings (SSSR count). The van der Waals surface area contributed by atoms with Crippen LogP contribution in [-0.2, 0) is 19.0 Å². The molecule has 0 saturated carbocycles. The van der Waals surface area contributed by atoms with E-state index in [1.165, 1.54) is 11.6 Å². The second-order valence-electron chi connectivity index (χ2n) is 8.17. The quantitative estimate of drug-likeness (QED) is 0.340. The van der Waals surface area contributed by atoms with Crippen LogP contribution < -0.4 is 0 Å². The third-order valence-electron chi connectivity index (χ3n) is 6.29. The minimum absolute atomic E-state index is 0.0428. The Labute approximate surface area is 179 Å². The predicted molar refractivity (Wildman–Crippen MR) is 115 cm³/mol. The second-order valence-corrected chi connectivity index (χ2v) is 8.17. The molecule has 0 aliphatic heterocycles. The van der Waals surface area contributed by atoms with E-state index in [0.717, 1.165) is 58.7 Å². The molecule has 0 unspecified atom stereocenters. The molecule has 158 valence electrons. The van der Waals surface area contributed by atoms with Crippen LogP contribution in [0, 0.1) is 11.3 Å². The number of halogens is 3. The lowest BCUT2D eigenvalue weighted by atomic mass is 9.85. The van der Waals surface area contributed by atoms with E-state index in [2.05, 4.69) is 21.3 Å². The number of pyridine rings is 1. The number of aromatic nitrogens is 4. The number of hydrogen-bond acceptors (Lipinski definition) is 3. The highest BCUT2D eigenvalue weighted by atomic mass is 19.4. The van der Waals surface area contributed by atoms with Crippen molar-refractivity contribution in [2.24, 2.45) is 0 Å². The van der Waals surface area contributed by atoms with Gasteiger partial charge in [-0.2, -0.15) is 23.5 Å². The van der Waals surface area contributed by atoms with Gasteiger partial charge in [0, 0.05) is 27.2 Å². The minimum Gasteiger partial charge on any atom is -0.346 e. The van der Waals surface area contributed by atoms with Gasteiger partial charge in [0.05, 0.1) is 16.7 Å². The molecule has 1 aliphatic rings. The molecule has 5 aromatic rings. The van der Waals surface area contributed by atoms with E-state index >= 15 is 0 Å². The molecule has 32 heavy (non-hydrogen) atoms. The summed E-state index contributed by atoms with van der Waals surface area (Å²) in [4.78, 5) is 8.04. The zero-order chi connectivity index (χ0) is 22.0. The highest BCUT2D eigenvalue weighted by molar-refractivity contribution is 6.09. The molecule has 0 saturated heterocycles. The van der Waals surface area contributed by atoms with Crippen molar-refractivity contribution in [1.82, 2.24) is 20.2 Å². The Morgan fingerprint density at radius 2 is 1.72 bits per heavy atom. The van der Waals surface area contributed by atoms with Gasteiger partial charge < -0.3 is 4.98 Å². The van der Waals surface area contributed by atoms with Crippen LogP contribution in [0.1, 0.15) is 35.4 Å². The number of nitriles is 1. The van der Waals surface area contributed by atoms with Crippen molar-refractivity contribution in [2.45, 2.75) is 31.9 Å². The maximum absolute atomic E-state index is 13.4. The average Bonchev–Trinajstić information content (AvgIpc) is 3.41. The summed E-state index contributed by atoms with van der Waals surface area (Å²) in [5.41, 5.74) is 5.20. The number of aryl methyl sites for hydroxylation is 1. The van der Waals surface area contributed by atoms with Crippen LogP contribution in [0.4, 0.5) is 13.2 Å². The highest BCUT2D eigenvalue weighted by Gasteiger charge is 2.36. The van der Waals surface area contributed by atoms with Crippen LogP contribution in [0.25, 0.3) is 44.0 Å². The zero-order valence-electron chi connectivity index (χ0n) is 16.8. The van der Waals surface area contributed by atoms with Gasteiger partial charge in [0.2, 0.25) is 0 Å². The first-order valence-corrected chi connectivity index (χ1v) is 10.4. The maximum atomic E-state index is 13.4. The van der Waals surface area contributed by atoms with E-state index in [1.54, 1.807) is 12.1 Å². The van der Waals surface area contributed by atoms with Crippen LogP contribution in [0.15, 0.2) is 36.4 Å². The molecule has 5 nitrogen and oxygen atoms in total. The summed E-state index contributed by atoms with van der Waals surface area (Å²) in [6.07, 6.45) is -0.812. The van der Waals surface area contributed by atoms with Gasteiger partial charge >= 0.3 is 6.18 Å². The van der Waals surface area contributed by atoms with Crippen molar-refractivity contribution in [3.05, 3.63) is 58.9 Å². The third kappa shape index (κ3) is 2.71. The number of hydrogen-bond donors (Lipinski definition) is 2. The second kappa shape index (κ2) is 6.57. The van der Waals surface area contributed by atoms with Gasteiger partial charge in [-0.3, -0.25) is 5.10 Å². The number of aromatic amines is 2. The highest BCUT2D eigenvalue weighted by Crippen LogP contribution is 2.40. The van der Waals surface area contributed by atoms with Crippen molar-refractivity contribution in [1.29, 1.82) is 5.26 Å². The molecule has 8 heteroatoms. The summed E-state index contributed by atoms with van der Waals surface area (Å²) < 4.78 is 40.3. The van der Waals surface area contributed by atoms with Crippen LogP contribution in [0.5, 0.6) is 0 Å². The van der Waals surface area contributed by atoms with Gasteiger partial charge in [-0.15, -0.1) is 0 Å². The fourth-order valence-electron chi connectivity index (χ4n) is 4.91. The van der Waals surface area contributed by atoms with Crippen molar-refractivity contribution in [3.63, 3.8) is 0 Å². The molecule has 0 radical (unpaired) electrons. The lowest BCUT2D eigenvalue weighted by molar-refractivity contribution is -0.139. The number of nitrogens with one attached hydrogen (secondary N) is 2. The first-order chi connectivity index (χ1) is 15.4. The van der Waals surface area contributed by atoms with Gasteiger partial charge in [-0.25, -0.2) is 4.98 Å². The molecule has 0 atom stereocenters. The van der Waals surface area contributed by atoms with Crippen molar-refractivity contribution < 1.29 is 13.2 Å². The summed E-state index contributed by atoms with van der Waals surface area (Å²) in [7, 11) is 0. The largest absolute Gasteiger partial charge is 0.435 e. The van der Waals surface area contributed by atoms with Gasteiger partial charge in [0.15, 0.2) is 5.69 Å². The Morgan fingerprint density at radius 1 is 0.938 bits per heavy atom. The molecule has 2 aromatic carbocycles. The molecule has 0 spiro atoms. The Morgan fingerprint density at radius 3 is 2.50 bits per heavy atom. The average molecular weight is 431 g/mol. The molecule has 0 bridgehead atoms. The predicted octanol–water partition coefficient (Wildman–Crippen LogP) is 6.03. The van der Waals surface area contributed by atoms with Crippen LogP contribution in [0.3, 0.4) is 0 Å². The molecule has 3 heterocycles. The smallest absolute Gasteiger partial charge is 0.346 e. The lowest BCUT2D eigenvalue weighted by Gasteiger charge is -2.22. The number of nitrogens with zero attached hydrogens (tertiary/aromatic N) is 3. The summed E-state index contributed by atoms with van der Waals surface area (Å²) in [6, 6.07) is 12.8. The Hall–Kier alpha value is -3.86. The molecule has 0 fully saturated rings. The topological polar surface area (TPSA) is 81.2 Å². The number of rotatable bonds is 1. The first-order valence-electron chi connectivity index (χ1n) is 10.4. The van der Waals surface area contributed by atoms with Crippen LogP contribution >= 0.6 is 0 Å². The van der Waals surface area contributed by atoms with Crippen molar-refractivity contribution in [2.75, 3.05) is 0 Å². The lowest BCUT2D eigenvalue weighted by Crippen LogP contribution is -2.08. The van der Waals surface area contributed by atoms with Gasteiger partial charge in [-0.1, -0.05) is 6.07 Å². The van der Waals surface area contributed by atoms with E-state index in [-0.39, 0.29) is 5.39 Å². The van der Waals surface area contributed by atoms with Crippen LogP contribution in [0.2, 0.25) is 0 Å². The Kier molecular flexibility index (Phi) is 3.87. The van der Waals surface area contributed by atoms with Crippen LogP contribution in [-0.4, -0.2) is 20.2 Å². The summed E-state index contributed by atoms with van der Waals surface area (Å²) >= 11 is 0. The van der Waals surface area contributed by atoms with Gasteiger partial charge in [0.1, 0.15) is 11.8 Å². The van der Waals surface area contributed by atoms with Crippen molar-refractivity contribution >= 4 is 32.7 Å². The standard InChI is InChI=1S/C24H16F3N5/c25-24(26,27)23-17-9-12(5-6-19(17)31-32-23)22-15-4-2-1-3-14(15)21-16-10-13(11-28)29-18(16)7-8-20(21)30-22/h5-10,29H,1-4H2,(H,31,32). The zero-order valence-corrected chi connectivity index (χ0v) is 16.8. The number of alkyl halides is 3. The normalized spacial score (nSPS) is 14.2. The molecule has 2 N–H and O–H groups in total. The number of fused-ring (bicyclic) bond motifs is 6. The fourth-order valence-corrected chi connectivity index (χ4v) is 4.91. The maximum Gasteiger partial charge on any atom is 0.435 e. The monoisotopic (exact) mass is 431 g/mol. The van der Waals surface area contributed by atoms with E-state index in [0.29, 0.717) is 16.8 Å². The Bertz CT molecular complexity index is 1580. The van der Waals surface area contributed by atoms with E-state index in [4.69, 9.17) is 4.98 Å². The summed E-state index contributed by atoms with van der Waals surface area (Å²) in [5.74, 6) is 0. The minimum atomic E-state index is -4.54. The molecule has 0 amide bonds. The SMILES string of the molecule is N#Cc1cc2c(ccc3nc(-c4ccc5[nH]nc(C(F)(F)F)c5c4)c4c(c32)CCCC4)[nH]1. The fraction of sp³-hybridized carbons (Fsp3) is 0.208. The third-order valence-corrected chi connectivity index (χ3v) is 6.29. The number of benzene rings is 2. The molecular formula is C24H16F3N5. The van der Waals surface area contributed by atoms with E-state index < -0.39 is 11.9 Å². The van der Waals surface area contributed by atoms with E-state index in [9.17, 15) is 18.4 Å². The Balaban J connectivity index is 1.65. The molecular weight excluding hydrogens is 415 g/mol.